The third kappa shape index (κ3) is 4.10. The average molecular weight is 328 g/mol. The van der Waals surface area contributed by atoms with Crippen molar-refractivity contribution in [1.29, 1.82) is 0 Å². The van der Waals surface area contributed by atoms with Crippen molar-refractivity contribution >= 4 is 28.8 Å². The Labute approximate surface area is 123 Å². The fraction of sp³-hybridized carbons (Fsp3) is 0.583. The summed E-state index contributed by atoms with van der Waals surface area (Å²) < 4.78 is 43.6. The van der Waals surface area contributed by atoms with Crippen LogP contribution >= 0.6 is 22.9 Å². The van der Waals surface area contributed by atoms with Crippen LogP contribution in [0.1, 0.15) is 22.5 Å². The van der Waals surface area contributed by atoms with Crippen LogP contribution in [-0.2, 0) is 4.74 Å². The first kappa shape index (κ1) is 15.6. The number of alkyl halides is 3. The minimum atomic E-state index is -4.42. The molecule has 2 rings (SSSR count). The zero-order valence-electron chi connectivity index (χ0n) is 10.5. The lowest BCUT2D eigenvalue weighted by Crippen LogP contribution is -2.47. The number of carbonyl (C=O) groups is 1. The highest BCUT2D eigenvalue weighted by atomic mass is 35.5. The Bertz CT molecular complexity index is 472. The molecule has 0 atom stereocenters. The highest BCUT2D eigenvalue weighted by molar-refractivity contribution is 7.17. The van der Waals surface area contributed by atoms with Crippen molar-refractivity contribution in [2.45, 2.75) is 25.1 Å². The molecule has 0 radical (unpaired) electrons. The number of rotatable bonds is 3. The lowest BCUT2D eigenvalue weighted by molar-refractivity contribution is -0.147. The number of thiophene rings is 1. The molecule has 20 heavy (non-hydrogen) atoms. The van der Waals surface area contributed by atoms with Crippen LogP contribution in [0.4, 0.5) is 13.2 Å². The number of hydrogen-bond acceptors (Lipinski definition) is 3. The predicted molar refractivity (Wildman–Crippen MR) is 70.3 cm³/mol. The molecule has 0 aliphatic carbocycles. The van der Waals surface area contributed by atoms with E-state index < -0.39 is 24.7 Å². The van der Waals surface area contributed by atoms with Gasteiger partial charge in [0.25, 0.3) is 5.91 Å². The SMILES string of the molecule is O=C(c1ccc(Cl)s1)N(CC(F)(F)F)C1CCOCC1. The molecule has 1 amide bonds. The molecule has 1 aromatic heterocycles. The zero-order valence-corrected chi connectivity index (χ0v) is 12.0. The van der Waals surface area contributed by atoms with Gasteiger partial charge in [0.05, 0.1) is 9.21 Å². The number of halogens is 4. The summed E-state index contributed by atoms with van der Waals surface area (Å²) in [6.07, 6.45) is -3.59. The summed E-state index contributed by atoms with van der Waals surface area (Å²) in [4.78, 5) is 13.4. The van der Waals surface area contributed by atoms with E-state index in [2.05, 4.69) is 0 Å². The molecule has 0 spiro atoms. The van der Waals surface area contributed by atoms with Crippen molar-refractivity contribution < 1.29 is 22.7 Å². The van der Waals surface area contributed by atoms with Crippen LogP contribution in [0.5, 0.6) is 0 Å². The summed E-state index contributed by atoms with van der Waals surface area (Å²) in [7, 11) is 0. The third-order valence-corrected chi connectivity index (χ3v) is 4.25. The monoisotopic (exact) mass is 327 g/mol. The molecule has 0 bridgehead atoms. The molecule has 1 fully saturated rings. The van der Waals surface area contributed by atoms with Crippen molar-refractivity contribution in [3.8, 4) is 0 Å². The summed E-state index contributed by atoms with van der Waals surface area (Å²) in [6, 6.07) is 2.52. The van der Waals surface area contributed by atoms with Gasteiger partial charge in [0.1, 0.15) is 6.54 Å². The number of carbonyl (C=O) groups excluding carboxylic acids is 1. The van der Waals surface area contributed by atoms with Crippen LogP contribution in [-0.4, -0.2) is 42.8 Å². The van der Waals surface area contributed by atoms with Crippen LogP contribution < -0.4 is 0 Å². The van der Waals surface area contributed by atoms with Crippen molar-refractivity contribution in [1.82, 2.24) is 4.90 Å². The second-order valence-corrected chi connectivity index (χ2v) is 6.21. The lowest BCUT2D eigenvalue weighted by atomic mass is 10.1. The van der Waals surface area contributed by atoms with Gasteiger partial charge in [-0.2, -0.15) is 13.2 Å². The Hall–Kier alpha value is -0.790. The Morgan fingerprint density at radius 2 is 2.05 bits per heavy atom. The minimum Gasteiger partial charge on any atom is -0.381 e. The van der Waals surface area contributed by atoms with Gasteiger partial charge in [-0.3, -0.25) is 4.79 Å². The summed E-state index contributed by atoms with van der Waals surface area (Å²) in [5.41, 5.74) is 0. The molecule has 0 unspecified atom stereocenters. The summed E-state index contributed by atoms with van der Waals surface area (Å²) in [6.45, 7) is -0.499. The van der Waals surface area contributed by atoms with Crippen molar-refractivity contribution in [3.63, 3.8) is 0 Å². The lowest BCUT2D eigenvalue weighted by Gasteiger charge is -2.34. The van der Waals surface area contributed by atoms with E-state index in [1.165, 1.54) is 12.1 Å². The van der Waals surface area contributed by atoms with E-state index in [9.17, 15) is 18.0 Å². The molecule has 0 saturated carbocycles. The molecule has 1 saturated heterocycles. The molecule has 1 aliphatic heterocycles. The number of amides is 1. The van der Waals surface area contributed by atoms with Crippen LogP contribution in [0.2, 0.25) is 4.34 Å². The van der Waals surface area contributed by atoms with Crippen molar-refractivity contribution in [3.05, 3.63) is 21.3 Å². The summed E-state index contributed by atoms with van der Waals surface area (Å²) in [5, 5.41) is 0. The van der Waals surface area contributed by atoms with Crippen LogP contribution in [0.15, 0.2) is 12.1 Å². The zero-order chi connectivity index (χ0) is 14.8. The molecule has 1 aromatic rings. The van der Waals surface area contributed by atoms with E-state index in [1.54, 1.807) is 0 Å². The minimum absolute atomic E-state index is 0.228. The Morgan fingerprint density at radius 3 is 2.55 bits per heavy atom. The fourth-order valence-corrected chi connectivity index (χ4v) is 3.13. The third-order valence-electron chi connectivity index (χ3n) is 3.03. The molecular formula is C12H13ClF3NO2S. The van der Waals surface area contributed by atoms with Crippen LogP contribution in [0, 0.1) is 0 Å². The van der Waals surface area contributed by atoms with E-state index in [0.29, 0.717) is 30.4 Å². The first-order valence-corrected chi connectivity index (χ1v) is 7.27. The van der Waals surface area contributed by atoms with Gasteiger partial charge in [0, 0.05) is 19.3 Å². The summed E-state index contributed by atoms with van der Waals surface area (Å²) >= 11 is 6.72. The van der Waals surface area contributed by atoms with Crippen molar-refractivity contribution in [2.24, 2.45) is 0 Å². The van der Waals surface area contributed by atoms with Gasteiger partial charge in [0.2, 0.25) is 0 Å². The maximum Gasteiger partial charge on any atom is 0.406 e. The predicted octanol–water partition coefficient (Wildman–Crippen LogP) is 3.59. The number of ether oxygens (including phenoxy) is 1. The first-order valence-electron chi connectivity index (χ1n) is 6.07. The smallest absolute Gasteiger partial charge is 0.381 e. The maximum absolute atomic E-state index is 12.7. The Kier molecular flexibility index (Phi) is 4.93. The van der Waals surface area contributed by atoms with E-state index in [-0.39, 0.29) is 4.88 Å². The Morgan fingerprint density at radius 1 is 1.40 bits per heavy atom. The molecular weight excluding hydrogens is 315 g/mol. The van der Waals surface area contributed by atoms with E-state index in [1.807, 2.05) is 0 Å². The van der Waals surface area contributed by atoms with Gasteiger partial charge < -0.3 is 9.64 Å². The largest absolute Gasteiger partial charge is 0.406 e. The topological polar surface area (TPSA) is 29.5 Å². The van der Waals surface area contributed by atoms with Gasteiger partial charge in [-0.05, 0) is 25.0 Å². The van der Waals surface area contributed by atoms with E-state index >= 15 is 0 Å². The number of hydrogen-bond donors (Lipinski definition) is 0. The second-order valence-electron chi connectivity index (χ2n) is 4.50. The fourth-order valence-electron chi connectivity index (χ4n) is 2.13. The second kappa shape index (κ2) is 6.32. The van der Waals surface area contributed by atoms with Gasteiger partial charge in [-0.15, -0.1) is 11.3 Å². The van der Waals surface area contributed by atoms with Crippen molar-refractivity contribution in [2.75, 3.05) is 19.8 Å². The highest BCUT2D eigenvalue weighted by Crippen LogP contribution is 2.28. The van der Waals surface area contributed by atoms with E-state index in [4.69, 9.17) is 16.3 Å². The first-order chi connectivity index (χ1) is 9.37. The molecule has 3 nitrogen and oxygen atoms in total. The molecule has 8 heteroatoms. The van der Waals surface area contributed by atoms with Crippen LogP contribution in [0.25, 0.3) is 0 Å². The van der Waals surface area contributed by atoms with Gasteiger partial charge >= 0.3 is 6.18 Å². The molecule has 2 heterocycles. The highest BCUT2D eigenvalue weighted by Gasteiger charge is 2.37. The van der Waals surface area contributed by atoms with Gasteiger partial charge in [0.15, 0.2) is 0 Å². The normalized spacial score (nSPS) is 17.2. The molecule has 0 N–H and O–H groups in total. The molecule has 112 valence electrons. The average Bonchev–Trinajstić information content (AvgIpc) is 2.82. The summed E-state index contributed by atoms with van der Waals surface area (Å²) in [5.74, 6) is -0.619. The standard InChI is InChI=1S/C12H13ClF3NO2S/c13-10-2-1-9(20-10)11(18)17(7-12(14,15)16)8-3-5-19-6-4-8/h1-2,8H,3-7H2. The molecule has 1 aliphatic rings. The quantitative estimate of drug-likeness (QED) is 0.849. The maximum atomic E-state index is 12.7. The Balaban J connectivity index is 2.18. The van der Waals surface area contributed by atoms with Gasteiger partial charge in [-0.25, -0.2) is 0 Å². The van der Waals surface area contributed by atoms with Gasteiger partial charge in [-0.1, -0.05) is 11.6 Å². The number of nitrogens with zero attached hydrogens (tertiary/aromatic N) is 1. The van der Waals surface area contributed by atoms with Crippen LogP contribution in [0.3, 0.4) is 0 Å². The van der Waals surface area contributed by atoms with E-state index in [0.717, 1.165) is 16.2 Å². The molecule has 0 aromatic carbocycles.